The summed E-state index contributed by atoms with van der Waals surface area (Å²) in [5, 5.41) is 14.2. The highest BCUT2D eigenvalue weighted by molar-refractivity contribution is 5.90. The molecule has 0 saturated carbocycles. The highest BCUT2D eigenvalue weighted by Crippen LogP contribution is 2.17. The largest absolute Gasteiger partial charge is 0.496 e. The van der Waals surface area contributed by atoms with Gasteiger partial charge in [-0.15, -0.1) is 0 Å². The summed E-state index contributed by atoms with van der Waals surface area (Å²) in [6.45, 7) is 1.84. The van der Waals surface area contributed by atoms with Crippen molar-refractivity contribution in [3.05, 3.63) is 29.8 Å². The summed E-state index contributed by atoms with van der Waals surface area (Å²) in [5.41, 5.74) is 6.27. The highest BCUT2D eigenvalue weighted by atomic mass is 16.5. The van der Waals surface area contributed by atoms with E-state index < -0.39 is 6.04 Å². The molecule has 0 heterocycles. The van der Waals surface area contributed by atoms with Gasteiger partial charge in [-0.3, -0.25) is 4.79 Å². The van der Waals surface area contributed by atoms with Crippen LogP contribution in [0.1, 0.15) is 18.9 Å². The molecule has 0 spiro atoms. The second-order valence-electron chi connectivity index (χ2n) is 4.04. The van der Waals surface area contributed by atoms with Gasteiger partial charge in [-0.05, 0) is 12.5 Å². The lowest BCUT2D eigenvalue weighted by Crippen LogP contribution is -2.44. The third-order valence-electron chi connectivity index (χ3n) is 2.76. The fourth-order valence-electron chi connectivity index (χ4n) is 1.72. The number of carbonyl (C=O) groups excluding carboxylic acids is 1. The minimum absolute atomic E-state index is 0.00382. The number of para-hydroxylation sites is 1. The van der Waals surface area contributed by atoms with Crippen LogP contribution in [0.4, 0.5) is 0 Å². The second kappa shape index (κ2) is 7.25. The number of hydrogen-bond acceptors (Lipinski definition) is 4. The number of benzene rings is 1. The maximum absolute atomic E-state index is 11.9. The number of amidine groups is 1. The van der Waals surface area contributed by atoms with E-state index in [2.05, 4.69) is 10.5 Å². The molecule has 0 aliphatic carbocycles. The first kappa shape index (κ1) is 14.8. The number of nitrogens with zero attached hydrogens (tertiary/aromatic N) is 1. The Labute approximate surface area is 112 Å². The molecule has 0 aliphatic rings. The first-order chi connectivity index (χ1) is 9.12. The van der Waals surface area contributed by atoms with Gasteiger partial charge < -0.3 is 21.0 Å². The molecule has 6 nitrogen and oxygen atoms in total. The van der Waals surface area contributed by atoms with Crippen LogP contribution in [0, 0.1) is 0 Å². The molecule has 1 amide bonds. The summed E-state index contributed by atoms with van der Waals surface area (Å²) in [6, 6.07) is 6.83. The van der Waals surface area contributed by atoms with Gasteiger partial charge in [-0.25, -0.2) is 0 Å². The molecule has 0 bridgehead atoms. The van der Waals surface area contributed by atoms with Crippen molar-refractivity contribution in [3.63, 3.8) is 0 Å². The Bertz CT molecular complexity index is 460. The first-order valence-electron chi connectivity index (χ1n) is 6.01. The Morgan fingerprint density at radius 1 is 1.53 bits per heavy atom. The zero-order valence-electron chi connectivity index (χ0n) is 11.1. The van der Waals surface area contributed by atoms with E-state index in [0.717, 1.165) is 5.56 Å². The average Bonchev–Trinajstić information content (AvgIpc) is 2.44. The lowest BCUT2D eigenvalue weighted by molar-refractivity contribution is -0.120. The van der Waals surface area contributed by atoms with Crippen LogP contribution in [0.5, 0.6) is 5.75 Å². The normalized spacial score (nSPS) is 12.8. The van der Waals surface area contributed by atoms with Gasteiger partial charge in [0.1, 0.15) is 5.75 Å². The standard InChI is InChI=1S/C13H19N3O3/c1-3-10(13(14)16-18)15-12(17)8-9-6-4-5-7-11(9)19-2/h4-7,10,18H,3,8H2,1-2H3,(H2,14,16)(H,15,17). The Kier molecular flexibility index (Phi) is 5.66. The quantitative estimate of drug-likeness (QED) is 0.308. The van der Waals surface area contributed by atoms with Crippen LogP contribution in [0.3, 0.4) is 0 Å². The van der Waals surface area contributed by atoms with Crippen LogP contribution in [0.25, 0.3) is 0 Å². The number of hydrogen-bond donors (Lipinski definition) is 3. The lowest BCUT2D eigenvalue weighted by atomic mass is 10.1. The summed E-state index contributed by atoms with van der Waals surface area (Å²) in [6.07, 6.45) is 0.729. The molecule has 6 heteroatoms. The molecule has 0 aromatic heterocycles. The molecule has 1 aromatic rings. The van der Waals surface area contributed by atoms with E-state index in [9.17, 15) is 4.79 Å². The van der Waals surface area contributed by atoms with Crippen molar-refractivity contribution in [2.24, 2.45) is 10.9 Å². The van der Waals surface area contributed by atoms with Crippen LogP contribution in [0.15, 0.2) is 29.4 Å². The van der Waals surface area contributed by atoms with Crippen LogP contribution in [0.2, 0.25) is 0 Å². The Morgan fingerprint density at radius 3 is 2.79 bits per heavy atom. The molecule has 19 heavy (non-hydrogen) atoms. The van der Waals surface area contributed by atoms with Crippen molar-refractivity contribution in [1.82, 2.24) is 5.32 Å². The maximum Gasteiger partial charge on any atom is 0.225 e. The SMILES string of the molecule is CCC(NC(=O)Cc1ccccc1OC)/C(N)=N/O. The zero-order valence-corrected chi connectivity index (χ0v) is 11.1. The number of ether oxygens (including phenoxy) is 1. The van der Waals surface area contributed by atoms with Gasteiger partial charge in [0.25, 0.3) is 0 Å². The van der Waals surface area contributed by atoms with Gasteiger partial charge >= 0.3 is 0 Å². The molecule has 1 atom stereocenters. The Hall–Kier alpha value is -2.24. The number of rotatable bonds is 6. The van der Waals surface area contributed by atoms with E-state index in [1.54, 1.807) is 13.2 Å². The van der Waals surface area contributed by atoms with Crippen LogP contribution >= 0.6 is 0 Å². The minimum Gasteiger partial charge on any atom is -0.496 e. The van der Waals surface area contributed by atoms with Crippen molar-refractivity contribution in [2.45, 2.75) is 25.8 Å². The summed E-state index contributed by atoms with van der Waals surface area (Å²) in [5.74, 6) is 0.452. The first-order valence-corrected chi connectivity index (χ1v) is 6.01. The van der Waals surface area contributed by atoms with Gasteiger partial charge in [0.05, 0.1) is 19.6 Å². The van der Waals surface area contributed by atoms with Crippen molar-refractivity contribution in [2.75, 3.05) is 7.11 Å². The predicted octanol–water partition coefficient (Wildman–Crippen LogP) is 0.879. The van der Waals surface area contributed by atoms with Gasteiger partial charge in [-0.2, -0.15) is 0 Å². The number of nitrogens with one attached hydrogen (secondary N) is 1. The molecule has 1 unspecified atom stereocenters. The molecule has 0 radical (unpaired) electrons. The van der Waals surface area contributed by atoms with Gasteiger partial charge in [0.2, 0.25) is 5.91 Å². The van der Waals surface area contributed by atoms with E-state index >= 15 is 0 Å². The van der Waals surface area contributed by atoms with Crippen LogP contribution < -0.4 is 15.8 Å². The van der Waals surface area contributed by atoms with Crippen molar-refractivity contribution >= 4 is 11.7 Å². The molecule has 104 valence electrons. The monoisotopic (exact) mass is 265 g/mol. The molecule has 1 aromatic carbocycles. The smallest absolute Gasteiger partial charge is 0.225 e. The van der Waals surface area contributed by atoms with Crippen molar-refractivity contribution < 1.29 is 14.7 Å². The fraction of sp³-hybridized carbons (Fsp3) is 0.385. The molecule has 4 N–H and O–H groups in total. The Morgan fingerprint density at radius 2 is 2.21 bits per heavy atom. The van der Waals surface area contributed by atoms with Crippen LogP contribution in [-0.4, -0.2) is 30.1 Å². The van der Waals surface area contributed by atoms with Crippen molar-refractivity contribution in [1.29, 1.82) is 0 Å². The maximum atomic E-state index is 11.9. The number of oxime groups is 1. The topological polar surface area (TPSA) is 96.9 Å². The van der Waals surface area contributed by atoms with Crippen LogP contribution in [-0.2, 0) is 11.2 Å². The number of amides is 1. The third kappa shape index (κ3) is 4.17. The number of methoxy groups -OCH3 is 1. The minimum atomic E-state index is -0.466. The fourth-order valence-corrected chi connectivity index (χ4v) is 1.72. The summed E-state index contributed by atoms with van der Waals surface area (Å²) in [7, 11) is 1.56. The van der Waals surface area contributed by atoms with E-state index in [1.807, 2.05) is 25.1 Å². The number of nitrogens with two attached hydrogens (primary N) is 1. The second-order valence-corrected chi connectivity index (χ2v) is 4.04. The van der Waals surface area contributed by atoms with Gasteiger partial charge in [0.15, 0.2) is 5.84 Å². The average molecular weight is 265 g/mol. The molecule has 1 rings (SSSR count). The molecule has 0 fully saturated rings. The number of carbonyl (C=O) groups is 1. The predicted molar refractivity (Wildman–Crippen MR) is 72.3 cm³/mol. The van der Waals surface area contributed by atoms with E-state index in [4.69, 9.17) is 15.7 Å². The highest BCUT2D eigenvalue weighted by Gasteiger charge is 2.16. The Balaban J connectivity index is 2.69. The third-order valence-corrected chi connectivity index (χ3v) is 2.76. The molecule has 0 saturated heterocycles. The van der Waals surface area contributed by atoms with Gasteiger partial charge in [-0.1, -0.05) is 30.3 Å². The molecule has 0 aliphatic heterocycles. The van der Waals surface area contributed by atoms with Crippen molar-refractivity contribution in [3.8, 4) is 5.75 Å². The van der Waals surface area contributed by atoms with Gasteiger partial charge in [0, 0.05) is 5.56 Å². The summed E-state index contributed by atoms with van der Waals surface area (Å²) >= 11 is 0. The van der Waals surface area contributed by atoms with E-state index in [-0.39, 0.29) is 18.2 Å². The molecular formula is C13H19N3O3. The molecular weight excluding hydrogens is 246 g/mol. The van der Waals surface area contributed by atoms with E-state index in [1.165, 1.54) is 0 Å². The summed E-state index contributed by atoms with van der Waals surface area (Å²) < 4.78 is 5.18. The lowest BCUT2D eigenvalue weighted by Gasteiger charge is -2.15. The summed E-state index contributed by atoms with van der Waals surface area (Å²) in [4.78, 5) is 11.9. The van der Waals surface area contributed by atoms with E-state index in [0.29, 0.717) is 12.2 Å². The zero-order chi connectivity index (χ0) is 14.3.